The van der Waals surface area contributed by atoms with Crippen molar-refractivity contribution in [3.05, 3.63) is 59.2 Å². The van der Waals surface area contributed by atoms with E-state index in [9.17, 15) is 8.78 Å². The SMILES string of the molecule is N#Cc1ccc(N2CCc3ccc(F)cc32)cc1F. The average Bonchev–Trinajstić information content (AvgIpc) is 2.81. The first-order valence-corrected chi connectivity index (χ1v) is 5.94. The van der Waals surface area contributed by atoms with Crippen LogP contribution in [-0.4, -0.2) is 6.54 Å². The quantitative estimate of drug-likeness (QED) is 0.780. The maximum Gasteiger partial charge on any atom is 0.143 e. The highest BCUT2D eigenvalue weighted by Gasteiger charge is 2.21. The number of anilines is 2. The normalized spacial score (nSPS) is 13.2. The minimum absolute atomic E-state index is 0.0161. The highest BCUT2D eigenvalue weighted by Crippen LogP contribution is 2.35. The van der Waals surface area contributed by atoms with Gasteiger partial charge in [0.2, 0.25) is 0 Å². The van der Waals surface area contributed by atoms with Crippen molar-refractivity contribution in [2.24, 2.45) is 0 Å². The van der Waals surface area contributed by atoms with Gasteiger partial charge in [-0.1, -0.05) is 6.07 Å². The van der Waals surface area contributed by atoms with Crippen LogP contribution in [0.3, 0.4) is 0 Å². The lowest BCUT2D eigenvalue weighted by Gasteiger charge is -2.19. The van der Waals surface area contributed by atoms with Crippen LogP contribution in [0.5, 0.6) is 0 Å². The Balaban J connectivity index is 2.04. The molecular weight excluding hydrogens is 246 g/mol. The van der Waals surface area contributed by atoms with E-state index in [2.05, 4.69) is 0 Å². The Morgan fingerprint density at radius 2 is 1.95 bits per heavy atom. The third-order valence-corrected chi connectivity index (χ3v) is 3.33. The molecule has 4 heteroatoms. The number of nitrogens with zero attached hydrogens (tertiary/aromatic N) is 2. The van der Waals surface area contributed by atoms with Gasteiger partial charge in [0.05, 0.1) is 5.56 Å². The van der Waals surface area contributed by atoms with E-state index in [1.165, 1.54) is 24.3 Å². The predicted molar refractivity (Wildman–Crippen MR) is 68.2 cm³/mol. The first-order valence-electron chi connectivity index (χ1n) is 5.94. The number of hydrogen-bond acceptors (Lipinski definition) is 2. The summed E-state index contributed by atoms with van der Waals surface area (Å²) in [6, 6.07) is 10.9. The standard InChI is InChI=1S/C15H10F2N2/c16-12-3-1-10-5-6-19(15(10)7-12)13-4-2-11(9-18)14(17)8-13/h1-4,7-8H,5-6H2. The van der Waals surface area contributed by atoms with Crippen molar-refractivity contribution >= 4 is 11.4 Å². The monoisotopic (exact) mass is 256 g/mol. The molecule has 0 saturated carbocycles. The third-order valence-electron chi connectivity index (χ3n) is 3.33. The van der Waals surface area contributed by atoms with Crippen molar-refractivity contribution in [1.29, 1.82) is 5.26 Å². The lowest BCUT2D eigenvalue weighted by atomic mass is 10.1. The van der Waals surface area contributed by atoms with E-state index in [1.807, 2.05) is 4.90 Å². The van der Waals surface area contributed by atoms with E-state index < -0.39 is 5.82 Å². The fourth-order valence-electron chi connectivity index (χ4n) is 2.38. The number of halogens is 2. The molecule has 0 amide bonds. The van der Waals surface area contributed by atoms with Crippen LogP contribution in [0.1, 0.15) is 11.1 Å². The van der Waals surface area contributed by atoms with Crippen LogP contribution in [0.2, 0.25) is 0 Å². The van der Waals surface area contributed by atoms with Crippen molar-refractivity contribution in [3.8, 4) is 6.07 Å². The molecule has 0 N–H and O–H groups in total. The van der Waals surface area contributed by atoms with Gasteiger partial charge in [-0.2, -0.15) is 5.26 Å². The molecular formula is C15H10F2N2. The maximum absolute atomic E-state index is 13.6. The molecule has 0 spiro atoms. The lowest BCUT2D eigenvalue weighted by Crippen LogP contribution is -2.13. The van der Waals surface area contributed by atoms with E-state index in [-0.39, 0.29) is 11.4 Å². The number of benzene rings is 2. The molecule has 2 nitrogen and oxygen atoms in total. The van der Waals surface area contributed by atoms with E-state index in [0.29, 0.717) is 12.2 Å². The first kappa shape index (κ1) is 11.7. The van der Waals surface area contributed by atoms with Gasteiger partial charge < -0.3 is 4.90 Å². The molecule has 1 heterocycles. The smallest absolute Gasteiger partial charge is 0.143 e. The Bertz CT molecular complexity index is 689. The second kappa shape index (κ2) is 4.36. The Morgan fingerprint density at radius 3 is 2.68 bits per heavy atom. The first-order chi connectivity index (χ1) is 9.19. The summed E-state index contributed by atoms with van der Waals surface area (Å²) in [5.41, 5.74) is 2.47. The van der Waals surface area contributed by atoms with Crippen molar-refractivity contribution < 1.29 is 8.78 Å². The summed E-state index contributed by atoms with van der Waals surface area (Å²) in [4.78, 5) is 1.86. The summed E-state index contributed by atoms with van der Waals surface area (Å²) < 4.78 is 26.9. The Morgan fingerprint density at radius 1 is 1.11 bits per heavy atom. The Labute approximate surface area is 109 Å². The Kier molecular flexibility index (Phi) is 2.68. The molecule has 2 aromatic rings. The second-order valence-electron chi connectivity index (χ2n) is 4.45. The zero-order valence-corrected chi connectivity index (χ0v) is 10.0. The molecule has 3 rings (SSSR count). The van der Waals surface area contributed by atoms with Crippen LogP contribution in [0.25, 0.3) is 0 Å². The molecule has 0 aliphatic carbocycles. The molecule has 0 fully saturated rings. The van der Waals surface area contributed by atoms with Gasteiger partial charge in [0, 0.05) is 17.9 Å². The van der Waals surface area contributed by atoms with Gasteiger partial charge in [-0.15, -0.1) is 0 Å². The maximum atomic E-state index is 13.6. The summed E-state index contributed by atoms with van der Waals surface area (Å²) in [7, 11) is 0. The minimum atomic E-state index is -0.551. The molecule has 94 valence electrons. The number of rotatable bonds is 1. The van der Waals surface area contributed by atoms with E-state index in [4.69, 9.17) is 5.26 Å². The van der Waals surface area contributed by atoms with Crippen molar-refractivity contribution in [1.82, 2.24) is 0 Å². The summed E-state index contributed by atoms with van der Waals surface area (Å²) in [5.74, 6) is -0.857. The molecule has 0 atom stereocenters. The topological polar surface area (TPSA) is 27.0 Å². The second-order valence-corrected chi connectivity index (χ2v) is 4.45. The lowest BCUT2D eigenvalue weighted by molar-refractivity contribution is 0.623. The zero-order valence-electron chi connectivity index (χ0n) is 10.0. The van der Waals surface area contributed by atoms with Crippen molar-refractivity contribution in [2.45, 2.75) is 6.42 Å². The number of fused-ring (bicyclic) bond motifs is 1. The van der Waals surface area contributed by atoms with Crippen LogP contribution in [0.4, 0.5) is 20.2 Å². The average molecular weight is 256 g/mol. The van der Waals surface area contributed by atoms with Gasteiger partial charge in [-0.25, -0.2) is 8.78 Å². The van der Waals surface area contributed by atoms with Crippen molar-refractivity contribution in [3.63, 3.8) is 0 Å². The van der Waals surface area contributed by atoms with Gasteiger partial charge in [-0.3, -0.25) is 0 Å². The van der Waals surface area contributed by atoms with E-state index in [1.54, 1.807) is 18.2 Å². The highest BCUT2D eigenvalue weighted by atomic mass is 19.1. The zero-order chi connectivity index (χ0) is 13.4. The minimum Gasteiger partial charge on any atom is -0.341 e. The molecule has 19 heavy (non-hydrogen) atoms. The van der Waals surface area contributed by atoms with Gasteiger partial charge >= 0.3 is 0 Å². The van der Waals surface area contributed by atoms with Gasteiger partial charge in [0.25, 0.3) is 0 Å². The molecule has 0 unspecified atom stereocenters. The summed E-state index contributed by atoms with van der Waals surface area (Å²) in [5, 5.41) is 8.72. The molecule has 2 aromatic carbocycles. The molecule has 0 radical (unpaired) electrons. The molecule has 1 aliphatic heterocycles. The van der Waals surface area contributed by atoms with Crippen LogP contribution in [0, 0.1) is 23.0 Å². The van der Waals surface area contributed by atoms with Gasteiger partial charge in [0.1, 0.15) is 17.7 Å². The van der Waals surface area contributed by atoms with Crippen LogP contribution in [0.15, 0.2) is 36.4 Å². The van der Waals surface area contributed by atoms with E-state index in [0.717, 1.165) is 17.7 Å². The number of hydrogen-bond donors (Lipinski definition) is 0. The summed E-state index contributed by atoms with van der Waals surface area (Å²) in [6.45, 7) is 0.685. The summed E-state index contributed by atoms with van der Waals surface area (Å²) in [6.07, 6.45) is 0.803. The van der Waals surface area contributed by atoms with Gasteiger partial charge in [0.15, 0.2) is 0 Å². The van der Waals surface area contributed by atoms with Crippen LogP contribution < -0.4 is 4.90 Å². The number of nitriles is 1. The largest absolute Gasteiger partial charge is 0.341 e. The molecule has 0 aromatic heterocycles. The third kappa shape index (κ3) is 1.93. The molecule has 0 bridgehead atoms. The van der Waals surface area contributed by atoms with Crippen LogP contribution >= 0.6 is 0 Å². The highest BCUT2D eigenvalue weighted by molar-refractivity contribution is 5.70. The Hall–Kier alpha value is -2.41. The fourth-order valence-corrected chi connectivity index (χ4v) is 2.38. The molecule has 1 aliphatic rings. The van der Waals surface area contributed by atoms with Gasteiger partial charge in [-0.05, 0) is 42.3 Å². The summed E-state index contributed by atoms with van der Waals surface area (Å²) >= 11 is 0. The van der Waals surface area contributed by atoms with Crippen LogP contribution in [-0.2, 0) is 6.42 Å². The predicted octanol–water partition coefficient (Wildman–Crippen LogP) is 3.53. The van der Waals surface area contributed by atoms with Crippen molar-refractivity contribution in [2.75, 3.05) is 11.4 Å². The van der Waals surface area contributed by atoms with E-state index >= 15 is 0 Å². The fraction of sp³-hybridized carbons (Fsp3) is 0.133. The molecule has 0 saturated heterocycles.